The van der Waals surface area contributed by atoms with Crippen LogP contribution >= 0.6 is 15.9 Å². The van der Waals surface area contributed by atoms with Crippen molar-refractivity contribution < 1.29 is 9.63 Å². The molecule has 1 fully saturated rings. The maximum atomic E-state index is 12.1. The first-order chi connectivity index (χ1) is 8.70. The second-order valence-corrected chi connectivity index (χ2v) is 5.42. The molecule has 3 N–H and O–H groups in total. The van der Waals surface area contributed by atoms with Crippen LogP contribution in [0.5, 0.6) is 0 Å². The highest BCUT2D eigenvalue weighted by Crippen LogP contribution is 2.21. The highest BCUT2D eigenvalue weighted by molar-refractivity contribution is 9.10. The molecule has 0 spiro atoms. The van der Waals surface area contributed by atoms with Gasteiger partial charge in [-0.25, -0.2) is 5.90 Å². The number of benzene rings is 1. The molecule has 5 heteroatoms. The minimum atomic E-state index is -0.0282. The number of carbonyl (C=O) groups excluding carboxylic acids is 1. The van der Waals surface area contributed by atoms with Crippen LogP contribution in [0.1, 0.15) is 36.0 Å². The average Bonchev–Trinajstić information content (AvgIpc) is 2.40. The van der Waals surface area contributed by atoms with Crippen LogP contribution in [0, 0.1) is 0 Å². The fraction of sp³-hybridized carbons (Fsp3) is 0.462. The molecule has 1 aliphatic carbocycles. The largest absolute Gasteiger partial charge is 0.349 e. The molecular formula is C13H17BrN2O2. The van der Waals surface area contributed by atoms with Crippen molar-refractivity contribution in [2.75, 3.05) is 0 Å². The van der Waals surface area contributed by atoms with Gasteiger partial charge in [0.1, 0.15) is 0 Å². The molecule has 1 aliphatic rings. The van der Waals surface area contributed by atoms with Crippen molar-refractivity contribution in [3.63, 3.8) is 0 Å². The third kappa shape index (κ3) is 3.31. The summed E-state index contributed by atoms with van der Waals surface area (Å²) in [4.78, 5) is 16.9. The Bertz CT molecular complexity index is 417. The summed E-state index contributed by atoms with van der Waals surface area (Å²) in [6.07, 6.45) is 3.77. The standard InChI is InChI=1S/C13H17BrN2O2/c14-12-4-2-1-3-11(12)13(17)16-9-5-7-10(18-15)8-6-9/h1-4,9-10H,5-8,15H2,(H,16,17). The lowest BCUT2D eigenvalue weighted by atomic mass is 9.93. The van der Waals surface area contributed by atoms with E-state index in [0.29, 0.717) is 5.56 Å². The SMILES string of the molecule is NOC1CCC(NC(=O)c2ccccc2Br)CC1. The normalized spacial score (nSPS) is 23.7. The van der Waals surface area contributed by atoms with Crippen molar-refractivity contribution >= 4 is 21.8 Å². The number of carbonyl (C=O) groups is 1. The van der Waals surface area contributed by atoms with Gasteiger partial charge in [-0.2, -0.15) is 0 Å². The molecule has 4 nitrogen and oxygen atoms in total. The third-order valence-electron chi connectivity index (χ3n) is 3.32. The maximum Gasteiger partial charge on any atom is 0.252 e. The molecule has 0 bridgehead atoms. The molecule has 18 heavy (non-hydrogen) atoms. The van der Waals surface area contributed by atoms with Gasteiger partial charge in [-0.15, -0.1) is 0 Å². The van der Waals surface area contributed by atoms with Gasteiger partial charge in [-0.05, 0) is 53.7 Å². The van der Waals surface area contributed by atoms with Crippen LogP contribution in [-0.4, -0.2) is 18.1 Å². The Kier molecular flexibility index (Phi) is 4.74. The third-order valence-corrected chi connectivity index (χ3v) is 4.01. The second kappa shape index (κ2) is 6.31. The van der Waals surface area contributed by atoms with Gasteiger partial charge >= 0.3 is 0 Å². The van der Waals surface area contributed by atoms with E-state index in [4.69, 9.17) is 10.7 Å². The Morgan fingerprint density at radius 2 is 1.94 bits per heavy atom. The molecule has 1 aromatic rings. The summed E-state index contributed by atoms with van der Waals surface area (Å²) in [5, 5.41) is 3.06. The molecule has 0 radical (unpaired) electrons. The lowest BCUT2D eigenvalue weighted by Crippen LogP contribution is -2.39. The quantitative estimate of drug-likeness (QED) is 0.842. The molecule has 1 saturated carbocycles. The minimum absolute atomic E-state index is 0.0282. The minimum Gasteiger partial charge on any atom is -0.349 e. The van der Waals surface area contributed by atoms with Crippen LogP contribution in [0.3, 0.4) is 0 Å². The number of amides is 1. The van der Waals surface area contributed by atoms with Gasteiger partial charge in [0.25, 0.3) is 5.91 Å². The highest BCUT2D eigenvalue weighted by atomic mass is 79.9. The molecule has 0 aliphatic heterocycles. The van der Waals surface area contributed by atoms with Gasteiger partial charge in [-0.3, -0.25) is 4.79 Å². The monoisotopic (exact) mass is 312 g/mol. The summed E-state index contributed by atoms with van der Waals surface area (Å²) in [5.74, 6) is 5.14. The fourth-order valence-electron chi connectivity index (χ4n) is 2.25. The molecular weight excluding hydrogens is 296 g/mol. The summed E-state index contributed by atoms with van der Waals surface area (Å²) in [5.41, 5.74) is 0.676. The highest BCUT2D eigenvalue weighted by Gasteiger charge is 2.23. The Morgan fingerprint density at radius 3 is 2.56 bits per heavy atom. The first kappa shape index (κ1) is 13.5. The van der Waals surface area contributed by atoms with Crippen molar-refractivity contribution in [2.24, 2.45) is 5.90 Å². The summed E-state index contributed by atoms with van der Waals surface area (Å²) >= 11 is 3.39. The van der Waals surface area contributed by atoms with E-state index in [1.54, 1.807) is 0 Å². The zero-order valence-corrected chi connectivity index (χ0v) is 11.7. The smallest absolute Gasteiger partial charge is 0.252 e. The Labute approximate surface area is 115 Å². The molecule has 2 rings (SSSR count). The summed E-state index contributed by atoms with van der Waals surface area (Å²) in [6.45, 7) is 0. The van der Waals surface area contributed by atoms with Crippen LogP contribution in [0.2, 0.25) is 0 Å². The average molecular weight is 313 g/mol. The van der Waals surface area contributed by atoms with E-state index in [1.807, 2.05) is 24.3 Å². The molecule has 1 amide bonds. The Balaban J connectivity index is 1.91. The zero-order valence-electron chi connectivity index (χ0n) is 10.1. The van der Waals surface area contributed by atoms with E-state index in [1.165, 1.54) is 0 Å². The number of hydrogen-bond donors (Lipinski definition) is 2. The Morgan fingerprint density at radius 1 is 1.28 bits per heavy atom. The van der Waals surface area contributed by atoms with E-state index in [9.17, 15) is 4.79 Å². The maximum absolute atomic E-state index is 12.1. The van der Waals surface area contributed by atoms with Crippen LogP contribution in [0.25, 0.3) is 0 Å². The van der Waals surface area contributed by atoms with Crippen molar-refractivity contribution in [2.45, 2.75) is 37.8 Å². The van der Waals surface area contributed by atoms with Gasteiger partial charge in [0.2, 0.25) is 0 Å². The Hall–Kier alpha value is -0.910. The number of nitrogens with two attached hydrogens (primary N) is 1. The zero-order chi connectivity index (χ0) is 13.0. The van der Waals surface area contributed by atoms with Crippen molar-refractivity contribution in [3.05, 3.63) is 34.3 Å². The molecule has 0 unspecified atom stereocenters. The second-order valence-electron chi connectivity index (χ2n) is 4.56. The fourth-order valence-corrected chi connectivity index (χ4v) is 2.72. The lowest BCUT2D eigenvalue weighted by Gasteiger charge is -2.27. The number of halogens is 1. The van der Waals surface area contributed by atoms with E-state index in [0.717, 1.165) is 30.2 Å². The van der Waals surface area contributed by atoms with Gasteiger partial charge in [0.15, 0.2) is 0 Å². The van der Waals surface area contributed by atoms with Crippen molar-refractivity contribution in [1.29, 1.82) is 0 Å². The van der Waals surface area contributed by atoms with Crippen LogP contribution in [-0.2, 0) is 4.84 Å². The molecule has 1 aromatic carbocycles. The van der Waals surface area contributed by atoms with Gasteiger partial charge in [-0.1, -0.05) is 12.1 Å². The van der Waals surface area contributed by atoms with Crippen LogP contribution < -0.4 is 11.2 Å². The van der Waals surface area contributed by atoms with Crippen molar-refractivity contribution in [1.82, 2.24) is 5.32 Å². The van der Waals surface area contributed by atoms with Gasteiger partial charge in [0, 0.05) is 10.5 Å². The summed E-state index contributed by atoms with van der Waals surface area (Å²) < 4.78 is 0.821. The van der Waals surface area contributed by atoms with E-state index in [-0.39, 0.29) is 18.1 Å². The van der Waals surface area contributed by atoms with E-state index >= 15 is 0 Å². The molecule has 0 atom stereocenters. The molecule has 0 saturated heterocycles. The summed E-state index contributed by atoms with van der Waals surface area (Å²) in [6, 6.07) is 7.65. The predicted octanol–water partition coefficient (Wildman–Crippen LogP) is 2.38. The molecule has 98 valence electrons. The van der Waals surface area contributed by atoms with Crippen LogP contribution in [0.4, 0.5) is 0 Å². The summed E-state index contributed by atoms with van der Waals surface area (Å²) in [7, 11) is 0. The van der Waals surface area contributed by atoms with Gasteiger partial charge < -0.3 is 10.2 Å². The predicted molar refractivity (Wildman–Crippen MR) is 72.9 cm³/mol. The first-order valence-electron chi connectivity index (χ1n) is 6.11. The molecule has 0 heterocycles. The lowest BCUT2D eigenvalue weighted by molar-refractivity contribution is 0.0216. The van der Waals surface area contributed by atoms with E-state index < -0.39 is 0 Å². The van der Waals surface area contributed by atoms with Crippen LogP contribution in [0.15, 0.2) is 28.7 Å². The number of hydrogen-bond acceptors (Lipinski definition) is 3. The topological polar surface area (TPSA) is 64.3 Å². The molecule has 0 aromatic heterocycles. The first-order valence-corrected chi connectivity index (χ1v) is 6.91. The van der Waals surface area contributed by atoms with Gasteiger partial charge in [0.05, 0.1) is 11.7 Å². The van der Waals surface area contributed by atoms with Crippen molar-refractivity contribution in [3.8, 4) is 0 Å². The number of rotatable bonds is 3. The number of nitrogens with one attached hydrogen (secondary N) is 1. The van der Waals surface area contributed by atoms with E-state index in [2.05, 4.69) is 21.2 Å².